The first-order valence-electron chi connectivity index (χ1n) is 6.45. The van der Waals surface area contributed by atoms with Gasteiger partial charge in [-0.05, 0) is 36.6 Å². The number of rotatable bonds is 5. The largest absolute Gasteiger partial charge is 0.502 e. The number of nitrogens with two attached hydrogens (primary N) is 1. The van der Waals surface area contributed by atoms with Gasteiger partial charge < -0.3 is 10.8 Å². The molecule has 2 rings (SSSR count). The van der Waals surface area contributed by atoms with E-state index >= 15 is 0 Å². The Morgan fingerprint density at radius 1 is 1.24 bits per heavy atom. The van der Waals surface area contributed by atoms with Crippen molar-refractivity contribution in [2.45, 2.75) is 12.8 Å². The van der Waals surface area contributed by atoms with E-state index < -0.39 is 4.92 Å². The summed E-state index contributed by atoms with van der Waals surface area (Å²) < 4.78 is 0. The third-order valence-electron chi connectivity index (χ3n) is 3.19. The number of nitrogens with zero attached hydrogens (tertiary/aromatic N) is 1. The monoisotopic (exact) mass is 306 g/mol. The summed E-state index contributed by atoms with van der Waals surface area (Å²) in [5.41, 5.74) is 7.25. The molecule has 0 radical (unpaired) electrons. The number of phenolic OH excluding ortho intramolecular Hbond substituents is 1. The van der Waals surface area contributed by atoms with Crippen molar-refractivity contribution >= 4 is 17.3 Å². The molecule has 0 atom stereocenters. The van der Waals surface area contributed by atoms with Gasteiger partial charge in [-0.25, -0.2) is 0 Å². The Kier molecular flexibility index (Phi) is 4.77. The third kappa shape index (κ3) is 3.51. The van der Waals surface area contributed by atoms with Gasteiger partial charge in [0.25, 0.3) is 0 Å². The van der Waals surface area contributed by atoms with Crippen LogP contribution in [0.25, 0.3) is 0 Å². The van der Waals surface area contributed by atoms with E-state index in [-0.39, 0.29) is 11.4 Å². The predicted octanol–water partition coefficient (Wildman–Crippen LogP) is 3.05. The minimum Gasteiger partial charge on any atom is -0.502 e. The molecule has 3 N–H and O–H groups in total. The van der Waals surface area contributed by atoms with E-state index in [1.807, 2.05) is 18.2 Å². The molecule has 0 saturated heterocycles. The van der Waals surface area contributed by atoms with Crippen molar-refractivity contribution in [3.63, 3.8) is 0 Å². The topological polar surface area (TPSA) is 89.4 Å². The molecule has 0 aliphatic carbocycles. The Balaban J connectivity index is 2.44. The first kappa shape index (κ1) is 15.3. The molecule has 0 aromatic heterocycles. The Labute approximate surface area is 127 Å². The maximum Gasteiger partial charge on any atom is 0.311 e. The first-order valence-corrected chi connectivity index (χ1v) is 6.83. The normalized spacial score (nSPS) is 10.6. The Morgan fingerprint density at radius 2 is 1.95 bits per heavy atom. The average Bonchev–Trinajstić information content (AvgIpc) is 2.44. The first-order chi connectivity index (χ1) is 10.0. The van der Waals surface area contributed by atoms with Gasteiger partial charge in [0, 0.05) is 16.7 Å². The van der Waals surface area contributed by atoms with Crippen LogP contribution in [0.5, 0.6) is 5.75 Å². The second-order valence-corrected chi connectivity index (χ2v) is 5.09. The number of halogens is 1. The van der Waals surface area contributed by atoms with Crippen LogP contribution in [0, 0.1) is 10.1 Å². The summed E-state index contributed by atoms with van der Waals surface area (Å²) in [6, 6.07) is 10.4. The standard InChI is InChI=1S/C15H15ClN2O3/c16-13-4-2-1-3-11(13)7-10-8-12(5-6-17)15(19)14(9-10)18(20)21/h1-4,8-9,19H,5-7,17H2. The second-order valence-electron chi connectivity index (χ2n) is 4.69. The number of hydrogen-bond acceptors (Lipinski definition) is 4. The number of aromatic hydroxyl groups is 1. The van der Waals surface area contributed by atoms with Gasteiger partial charge in [-0.15, -0.1) is 0 Å². The zero-order valence-corrected chi connectivity index (χ0v) is 12.0. The molecule has 0 aliphatic heterocycles. The second kappa shape index (κ2) is 6.56. The van der Waals surface area contributed by atoms with Gasteiger partial charge in [-0.3, -0.25) is 10.1 Å². The minimum absolute atomic E-state index is 0.303. The summed E-state index contributed by atoms with van der Waals surface area (Å²) in [4.78, 5) is 10.4. The van der Waals surface area contributed by atoms with Crippen molar-refractivity contribution < 1.29 is 10.0 Å². The van der Waals surface area contributed by atoms with E-state index in [4.69, 9.17) is 17.3 Å². The van der Waals surface area contributed by atoms with Crippen molar-refractivity contribution in [3.05, 3.63) is 68.2 Å². The number of benzene rings is 2. The van der Waals surface area contributed by atoms with E-state index in [0.717, 1.165) is 11.1 Å². The molecule has 0 amide bonds. The van der Waals surface area contributed by atoms with Crippen LogP contribution in [0.3, 0.4) is 0 Å². The highest BCUT2D eigenvalue weighted by molar-refractivity contribution is 6.31. The Hall–Kier alpha value is -2.11. The summed E-state index contributed by atoms with van der Waals surface area (Å²) in [5, 5.41) is 21.6. The van der Waals surface area contributed by atoms with Crippen LogP contribution in [0.1, 0.15) is 16.7 Å². The van der Waals surface area contributed by atoms with Gasteiger partial charge in [-0.1, -0.05) is 35.9 Å². The Morgan fingerprint density at radius 3 is 2.57 bits per heavy atom. The van der Waals surface area contributed by atoms with E-state index in [2.05, 4.69) is 0 Å². The smallest absolute Gasteiger partial charge is 0.311 e. The zero-order valence-electron chi connectivity index (χ0n) is 11.3. The molecule has 5 nitrogen and oxygen atoms in total. The quantitative estimate of drug-likeness (QED) is 0.656. The van der Waals surface area contributed by atoms with Crippen molar-refractivity contribution in [3.8, 4) is 5.75 Å². The zero-order chi connectivity index (χ0) is 15.4. The van der Waals surface area contributed by atoms with Crippen LogP contribution in [-0.4, -0.2) is 16.6 Å². The van der Waals surface area contributed by atoms with Crippen LogP contribution in [-0.2, 0) is 12.8 Å². The minimum atomic E-state index is -0.592. The molecule has 0 fully saturated rings. The fourth-order valence-corrected chi connectivity index (χ4v) is 2.39. The van der Waals surface area contributed by atoms with Gasteiger partial charge in [0.2, 0.25) is 0 Å². The van der Waals surface area contributed by atoms with Crippen LogP contribution >= 0.6 is 11.6 Å². The van der Waals surface area contributed by atoms with Crippen LogP contribution in [0.4, 0.5) is 5.69 Å². The maximum absolute atomic E-state index is 11.0. The molecule has 0 spiro atoms. The fourth-order valence-electron chi connectivity index (χ4n) is 2.19. The van der Waals surface area contributed by atoms with Gasteiger partial charge in [0.1, 0.15) is 0 Å². The van der Waals surface area contributed by atoms with Crippen LogP contribution in [0.15, 0.2) is 36.4 Å². The summed E-state index contributed by atoms with van der Waals surface area (Å²) in [7, 11) is 0. The molecule has 2 aromatic carbocycles. The summed E-state index contributed by atoms with van der Waals surface area (Å²) in [6.45, 7) is 0.306. The molecule has 110 valence electrons. The van der Waals surface area contributed by atoms with Gasteiger partial charge in [0.15, 0.2) is 5.75 Å². The lowest BCUT2D eigenvalue weighted by Gasteiger charge is -2.09. The molecule has 0 unspecified atom stereocenters. The number of hydrogen-bond donors (Lipinski definition) is 2. The van der Waals surface area contributed by atoms with Gasteiger partial charge >= 0.3 is 5.69 Å². The highest BCUT2D eigenvalue weighted by Crippen LogP contribution is 2.33. The summed E-state index contributed by atoms with van der Waals surface area (Å²) in [6.07, 6.45) is 0.835. The Bertz CT molecular complexity index is 674. The molecule has 2 aromatic rings. The molecule has 0 aliphatic rings. The lowest BCUT2D eigenvalue weighted by Crippen LogP contribution is -2.05. The van der Waals surface area contributed by atoms with Crippen molar-refractivity contribution in [1.29, 1.82) is 0 Å². The number of phenols is 1. The van der Waals surface area contributed by atoms with E-state index in [1.165, 1.54) is 6.07 Å². The van der Waals surface area contributed by atoms with Crippen LogP contribution in [0.2, 0.25) is 5.02 Å². The molecular formula is C15H15ClN2O3. The summed E-state index contributed by atoms with van der Waals surface area (Å²) >= 11 is 6.11. The average molecular weight is 307 g/mol. The molecular weight excluding hydrogens is 292 g/mol. The maximum atomic E-state index is 11.0. The third-order valence-corrected chi connectivity index (χ3v) is 3.56. The molecule has 0 bridgehead atoms. The van der Waals surface area contributed by atoms with Crippen LogP contribution < -0.4 is 5.73 Å². The predicted molar refractivity (Wildman–Crippen MR) is 81.8 cm³/mol. The lowest BCUT2D eigenvalue weighted by molar-refractivity contribution is -0.386. The van der Waals surface area contributed by atoms with Crippen molar-refractivity contribution in [2.75, 3.05) is 6.54 Å². The van der Waals surface area contributed by atoms with Crippen molar-refractivity contribution in [1.82, 2.24) is 0 Å². The lowest BCUT2D eigenvalue weighted by atomic mass is 9.99. The van der Waals surface area contributed by atoms with E-state index in [9.17, 15) is 15.2 Å². The van der Waals surface area contributed by atoms with E-state index in [0.29, 0.717) is 30.0 Å². The summed E-state index contributed by atoms with van der Waals surface area (Å²) in [5.74, 6) is -0.312. The SMILES string of the molecule is NCCc1cc(Cc2ccccc2Cl)cc([N+](=O)[O-])c1O. The number of nitro groups is 1. The van der Waals surface area contributed by atoms with E-state index in [1.54, 1.807) is 12.1 Å². The molecule has 0 saturated carbocycles. The molecule has 0 heterocycles. The van der Waals surface area contributed by atoms with Gasteiger partial charge in [-0.2, -0.15) is 0 Å². The number of nitro benzene ring substituents is 1. The molecule has 21 heavy (non-hydrogen) atoms. The fraction of sp³-hybridized carbons (Fsp3) is 0.200. The van der Waals surface area contributed by atoms with Gasteiger partial charge in [0.05, 0.1) is 4.92 Å². The highest BCUT2D eigenvalue weighted by Gasteiger charge is 2.19. The molecule has 6 heteroatoms. The highest BCUT2D eigenvalue weighted by atomic mass is 35.5. The van der Waals surface area contributed by atoms with Crippen molar-refractivity contribution in [2.24, 2.45) is 5.73 Å².